The van der Waals surface area contributed by atoms with Crippen molar-refractivity contribution in [2.24, 2.45) is 0 Å². The average molecular weight is 790 g/mol. The summed E-state index contributed by atoms with van der Waals surface area (Å²) in [7, 11) is 0. The van der Waals surface area contributed by atoms with E-state index in [4.69, 9.17) is 4.98 Å². The quantitative estimate of drug-likeness (QED) is 0.158. The van der Waals surface area contributed by atoms with Gasteiger partial charge >= 0.3 is 0 Å². The first-order valence-electron chi connectivity index (χ1n) is 21.2. The van der Waals surface area contributed by atoms with Gasteiger partial charge in [-0.15, -0.1) is 0 Å². The minimum absolute atomic E-state index is 0.959. The highest BCUT2D eigenvalue weighted by Gasteiger charge is 2.17. The maximum absolute atomic E-state index is 5.11. The van der Waals surface area contributed by atoms with Crippen molar-refractivity contribution in [3.05, 3.63) is 237 Å². The van der Waals surface area contributed by atoms with Crippen molar-refractivity contribution in [2.45, 2.75) is 0 Å². The summed E-state index contributed by atoms with van der Waals surface area (Å²) in [5.41, 5.74) is 18.2. The average Bonchev–Trinajstić information content (AvgIpc) is 3.87. The first-order chi connectivity index (χ1) is 30.7. The van der Waals surface area contributed by atoms with Gasteiger partial charge in [-0.05, 0) is 94.0 Å². The molecule has 0 fully saturated rings. The molecule has 9 aromatic carbocycles. The highest BCUT2D eigenvalue weighted by molar-refractivity contribution is 6.12. The van der Waals surface area contributed by atoms with Crippen molar-refractivity contribution < 1.29 is 0 Å². The molecular formula is C59H39N3. The molecule has 0 aliphatic carbocycles. The molecule has 3 aromatic heterocycles. The third-order valence-corrected chi connectivity index (χ3v) is 12.3. The third-order valence-electron chi connectivity index (χ3n) is 12.3. The Morgan fingerprint density at radius 2 is 0.565 bits per heavy atom. The predicted octanol–water partition coefficient (Wildman–Crippen LogP) is 15.6. The van der Waals surface area contributed by atoms with Crippen LogP contribution in [0.3, 0.4) is 0 Å². The molecule has 12 aromatic rings. The van der Waals surface area contributed by atoms with Gasteiger partial charge in [0.25, 0.3) is 0 Å². The van der Waals surface area contributed by atoms with E-state index in [1.807, 2.05) is 12.1 Å². The molecule has 0 atom stereocenters. The van der Waals surface area contributed by atoms with E-state index in [1.54, 1.807) is 0 Å². The Kier molecular flexibility index (Phi) is 8.50. The van der Waals surface area contributed by atoms with E-state index in [1.165, 1.54) is 65.9 Å². The monoisotopic (exact) mass is 789 g/mol. The molecule has 3 heteroatoms. The highest BCUT2D eigenvalue weighted by Crippen LogP contribution is 2.39. The van der Waals surface area contributed by atoms with Crippen LogP contribution in [0, 0.1) is 0 Å². The summed E-state index contributed by atoms with van der Waals surface area (Å²) in [6.45, 7) is 0. The molecule has 0 spiro atoms. The molecular weight excluding hydrogens is 751 g/mol. The Balaban J connectivity index is 0.967. The van der Waals surface area contributed by atoms with Crippen LogP contribution < -0.4 is 0 Å². The van der Waals surface area contributed by atoms with Crippen molar-refractivity contribution >= 4 is 43.6 Å². The number of nitrogens with zero attached hydrogens (tertiary/aromatic N) is 3. The molecule has 12 rings (SSSR count). The van der Waals surface area contributed by atoms with E-state index >= 15 is 0 Å². The maximum Gasteiger partial charge on any atom is 0.0715 e. The molecule has 0 N–H and O–H groups in total. The molecule has 290 valence electrons. The molecule has 0 amide bonds. The second kappa shape index (κ2) is 14.8. The number of fused-ring (bicyclic) bond motifs is 6. The minimum Gasteiger partial charge on any atom is -0.309 e. The zero-order valence-electron chi connectivity index (χ0n) is 33.9. The molecule has 0 radical (unpaired) electrons. The molecule has 3 nitrogen and oxygen atoms in total. The zero-order valence-corrected chi connectivity index (χ0v) is 33.9. The van der Waals surface area contributed by atoms with Crippen LogP contribution in [-0.4, -0.2) is 14.1 Å². The summed E-state index contributed by atoms with van der Waals surface area (Å²) in [6, 6.07) is 85.2. The number of hydrogen-bond acceptors (Lipinski definition) is 1. The van der Waals surface area contributed by atoms with E-state index in [0.717, 1.165) is 45.0 Å². The number of para-hydroxylation sites is 2. The fourth-order valence-corrected chi connectivity index (χ4v) is 9.30. The van der Waals surface area contributed by atoms with Gasteiger partial charge in [0.2, 0.25) is 0 Å². The van der Waals surface area contributed by atoms with Crippen molar-refractivity contribution in [2.75, 3.05) is 0 Å². The molecule has 62 heavy (non-hydrogen) atoms. The number of rotatable bonds is 7. The lowest BCUT2D eigenvalue weighted by molar-refractivity contribution is 1.18. The molecule has 3 heterocycles. The van der Waals surface area contributed by atoms with Crippen LogP contribution in [0.2, 0.25) is 0 Å². The Morgan fingerprint density at radius 1 is 0.226 bits per heavy atom. The number of aromatic nitrogens is 3. The van der Waals surface area contributed by atoms with Crippen LogP contribution >= 0.6 is 0 Å². The predicted molar refractivity (Wildman–Crippen MR) is 260 cm³/mol. The van der Waals surface area contributed by atoms with Crippen LogP contribution in [0.4, 0.5) is 0 Å². The van der Waals surface area contributed by atoms with Gasteiger partial charge in [-0.25, -0.2) is 4.98 Å². The smallest absolute Gasteiger partial charge is 0.0715 e. The van der Waals surface area contributed by atoms with E-state index in [9.17, 15) is 0 Å². The van der Waals surface area contributed by atoms with Crippen molar-refractivity contribution in [3.63, 3.8) is 0 Å². The van der Waals surface area contributed by atoms with Crippen molar-refractivity contribution in [3.8, 4) is 67.3 Å². The van der Waals surface area contributed by atoms with Crippen LogP contribution in [0.25, 0.3) is 111 Å². The van der Waals surface area contributed by atoms with Crippen molar-refractivity contribution in [1.29, 1.82) is 0 Å². The van der Waals surface area contributed by atoms with Gasteiger partial charge in [-0.2, -0.15) is 0 Å². The molecule has 0 aliphatic rings. The summed E-state index contributed by atoms with van der Waals surface area (Å²) in [4.78, 5) is 5.11. The number of pyridine rings is 1. The standard InChI is InChI=1S/C59H39N3/c1-4-14-40(15-5-1)41-24-30-48(31-25-41)61-56-22-12-10-20-50(56)52-34-28-45(38-58(52)61)46-29-35-53-51-21-11-13-23-57(51)62(59(53)39-46)49-32-26-42(27-33-49)47-36-54(43-16-6-2-7-17-43)60-55(37-47)44-18-8-3-9-19-44/h1-39H. The van der Waals surface area contributed by atoms with Crippen LogP contribution in [0.15, 0.2) is 237 Å². The Morgan fingerprint density at radius 3 is 1.02 bits per heavy atom. The van der Waals surface area contributed by atoms with Gasteiger partial charge in [0.15, 0.2) is 0 Å². The Labute approximate surface area is 360 Å². The minimum atomic E-state index is 0.959. The van der Waals surface area contributed by atoms with Crippen LogP contribution in [0.1, 0.15) is 0 Å². The van der Waals surface area contributed by atoms with E-state index in [0.29, 0.717) is 0 Å². The molecule has 0 aliphatic heterocycles. The van der Waals surface area contributed by atoms with E-state index < -0.39 is 0 Å². The van der Waals surface area contributed by atoms with E-state index in [2.05, 4.69) is 234 Å². The van der Waals surface area contributed by atoms with Gasteiger partial charge in [0.05, 0.1) is 33.5 Å². The van der Waals surface area contributed by atoms with E-state index in [-0.39, 0.29) is 0 Å². The molecule has 0 bridgehead atoms. The first kappa shape index (κ1) is 35.7. The lowest BCUT2D eigenvalue weighted by Crippen LogP contribution is -1.95. The summed E-state index contributed by atoms with van der Waals surface area (Å²) < 4.78 is 4.83. The lowest BCUT2D eigenvalue weighted by atomic mass is 9.99. The van der Waals surface area contributed by atoms with Crippen LogP contribution in [-0.2, 0) is 0 Å². The molecule has 0 unspecified atom stereocenters. The topological polar surface area (TPSA) is 22.8 Å². The third kappa shape index (κ3) is 6.10. The second-order valence-electron chi connectivity index (χ2n) is 16.0. The number of benzene rings is 9. The van der Waals surface area contributed by atoms with Crippen LogP contribution in [0.5, 0.6) is 0 Å². The number of hydrogen-bond donors (Lipinski definition) is 0. The van der Waals surface area contributed by atoms with Gasteiger partial charge in [-0.3, -0.25) is 0 Å². The fraction of sp³-hybridized carbons (Fsp3) is 0. The first-order valence-corrected chi connectivity index (χ1v) is 21.2. The van der Waals surface area contributed by atoms with Gasteiger partial charge in [-0.1, -0.05) is 176 Å². The fourth-order valence-electron chi connectivity index (χ4n) is 9.30. The largest absolute Gasteiger partial charge is 0.309 e. The summed E-state index contributed by atoms with van der Waals surface area (Å²) >= 11 is 0. The van der Waals surface area contributed by atoms with Gasteiger partial charge in [0.1, 0.15) is 0 Å². The van der Waals surface area contributed by atoms with Gasteiger partial charge < -0.3 is 9.13 Å². The highest BCUT2D eigenvalue weighted by atomic mass is 15.0. The summed E-state index contributed by atoms with van der Waals surface area (Å²) in [6.07, 6.45) is 0. The normalized spacial score (nSPS) is 11.5. The summed E-state index contributed by atoms with van der Waals surface area (Å²) in [5, 5.41) is 4.96. The van der Waals surface area contributed by atoms with Crippen molar-refractivity contribution in [1.82, 2.24) is 14.1 Å². The SMILES string of the molecule is c1ccc(-c2ccc(-n3c4ccccc4c4ccc(-c5ccc6c7ccccc7n(-c7ccc(-c8cc(-c9ccccc9)nc(-c9ccccc9)c8)cc7)c6c5)cc43)cc2)cc1. The van der Waals surface area contributed by atoms with Gasteiger partial charge in [0, 0.05) is 44.0 Å². The summed E-state index contributed by atoms with van der Waals surface area (Å²) in [5.74, 6) is 0. The maximum atomic E-state index is 5.11. The second-order valence-corrected chi connectivity index (χ2v) is 16.0. The molecule has 0 saturated heterocycles. The zero-order chi connectivity index (χ0) is 41.0. The molecule has 0 saturated carbocycles. The lowest BCUT2D eigenvalue weighted by Gasteiger charge is -2.13. The Hall–Kier alpha value is -8.27. The Bertz CT molecular complexity index is 3520.